The number of hydrogen-bond acceptors (Lipinski definition) is 2. The molecule has 2 nitrogen and oxygen atoms in total. The van der Waals surface area contributed by atoms with E-state index in [0.29, 0.717) is 5.41 Å². The first-order valence-corrected chi connectivity index (χ1v) is 9.47. The van der Waals surface area contributed by atoms with Gasteiger partial charge in [0.2, 0.25) is 0 Å². The minimum Gasteiger partial charge on any atom is -0.311 e. The zero-order valence-electron chi connectivity index (χ0n) is 15.0. The molecule has 0 aromatic rings. The maximum absolute atomic E-state index is 3.98. The molecule has 0 bridgehead atoms. The predicted octanol–water partition coefficient (Wildman–Crippen LogP) is 4.45. The molecule has 21 heavy (non-hydrogen) atoms. The SMILES string of the molecule is CCCCN1CCC(NC2CCC(C(C)(C)C)CC2)CC1. The normalized spacial score (nSPS) is 29.7. The molecule has 1 N–H and O–H groups in total. The molecule has 2 heteroatoms. The summed E-state index contributed by atoms with van der Waals surface area (Å²) in [5.74, 6) is 0.937. The van der Waals surface area contributed by atoms with E-state index in [2.05, 4.69) is 37.9 Å². The number of piperidine rings is 1. The first-order valence-electron chi connectivity index (χ1n) is 9.47. The second-order valence-electron chi connectivity index (χ2n) is 8.55. The standard InChI is InChI=1S/C19H38N2/c1-5-6-13-21-14-11-18(12-15-21)20-17-9-7-16(8-10-17)19(2,3)4/h16-18,20H,5-15H2,1-4H3. The van der Waals surface area contributed by atoms with E-state index in [1.807, 2.05) is 0 Å². The van der Waals surface area contributed by atoms with E-state index in [4.69, 9.17) is 0 Å². The van der Waals surface area contributed by atoms with Gasteiger partial charge in [0.25, 0.3) is 0 Å². The van der Waals surface area contributed by atoms with E-state index >= 15 is 0 Å². The molecule has 2 aliphatic rings. The van der Waals surface area contributed by atoms with E-state index in [9.17, 15) is 0 Å². The zero-order valence-corrected chi connectivity index (χ0v) is 15.0. The number of hydrogen-bond donors (Lipinski definition) is 1. The molecule has 0 amide bonds. The molecule has 0 aromatic carbocycles. The van der Waals surface area contributed by atoms with Crippen molar-refractivity contribution in [2.24, 2.45) is 11.3 Å². The summed E-state index contributed by atoms with van der Waals surface area (Å²) in [6.45, 7) is 13.5. The molecular weight excluding hydrogens is 256 g/mol. The lowest BCUT2D eigenvalue weighted by Gasteiger charge is -2.40. The monoisotopic (exact) mass is 294 g/mol. The van der Waals surface area contributed by atoms with E-state index in [0.717, 1.165) is 18.0 Å². The Morgan fingerprint density at radius 1 is 0.905 bits per heavy atom. The third-order valence-corrected chi connectivity index (χ3v) is 5.84. The molecule has 0 aromatic heterocycles. The fraction of sp³-hybridized carbons (Fsp3) is 1.00. The van der Waals surface area contributed by atoms with Gasteiger partial charge in [0.05, 0.1) is 0 Å². The van der Waals surface area contributed by atoms with Gasteiger partial charge >= 0.3 is 0 Å². The summed E-state index contributed by atoms with van der Waals surface area (Å²) in [6.07, 6.45) is 11.1. The van der Waals surface area contributed by atoms with E-state index in [-0.39, 0.29) is 0 Å². The summed E-state index contributed by atoms with van der Waals surface area (Å²) < 4.78 is 0. The van der Waals surface area contributed by atoms with Crippen molar-refractivity contribution in [2.75, 3.05) is 19.6 Å². The van der Waals surface area contributed by atoms with Gasteiger partial charge in [-0.05, 0) is 75.9 Å². The molecule has 2 fully saturated rings. The summed E-state index contributed by atoms with van der Waals surface area (Å²) in [7, 11) is 0. The molecular formula is C19H38N2. The van der Waals surface area contributed by atoms with Crippen molar-refractivity contribution in [1.29, 1.82) is 0 Å². The Labute approximate surface area is 133 Å². The molecule has 124 valence electrons. The summed E-state index contributed by atoms with van der Waals surface area (Å²) in [4.78, 5) is 2.66. The summed E-state index contributed by atoms with van der Waals surface area (Å²) >= 11 is 0. The predicted molar refractivity (Wildman–Crippen MR) is 92.7 cm³/mol. The summed E-state index contributed by atoms with van der Waals surface area (Å²) in [5.41, 5.74) is 0.510. The highest BCUT2D eigenvalue weighted by Gasteiger charge is 2.30. The molecule has 1 aliphatic heterocycles. The van der Waals surface area contributed by atoms with Gasteiger partial charge in [-0.15, -0.1) is 0 Å². The van der Waals surface area contributed by atoms with Crippen LogP contribution >= 0.6 is 0 Å². The van der Waals surface area contributed by atoms with E-state index in [1.165, 1.54) is 71.0 Å². The van der Waals surface area contributed by atoms with Crippen LogP contribution in [0.15, 0.2) is 0 Å². The number of rotatable bonds is 5. The second-order valence-corrected chi connectivity index (χ2v) is 8.55. The van der Waals surface area contributed by atoms with Gasteiger partial charge in [-0.1, -0.05) is 34.1 Å². The zero-order chi connectivity index (χ0) is 15.3. The summed E-state index contributed by atoms with van der Waals surface area (Å²) in [6, 6.07) is 1.59. The fourth-order valence-electron chi connectivity index (χ4n) is 4.16. The van der Waals surface area contributed by atoms with Crippen LogP contribution in [0.3, 0.4) is 0 Å². The van der Waals surface area contributed by atoms with Crippen molar-refractivity contribution in [3.05, 3.63) is 0 Å². The Morgan fingerprint density at radius 2 is 1.48 bits per heavy atom. The minimum atomic E-state index is 0.510. The highest BCUT2D eigenvalue weighted by molar-refractivity contribution is 4.86. The molecule has 0 unspecified atom stereocenters. The average molecular weight is 295 g/mol. The molecule has 1 saturated heterocycles. The van der Waals surface area contributed by atoms with Crippen molar-refractivity contribution in [1.82, 2.24) is 10.2 Å². The van der Waals surface area contributed by atoms with Gasteiger partial charge < -0.3 is 10.2 Å². The molecule has 0 atom stereocenters. The van der Waals surface area contributed by atoms with Crippen LogP contribution in [0.25, 0.3) is 0 Å². The van der Waals surface area contributed by atoms with Crippen LogP contribution in [-0.2, 0) is 0 Å². The molecule has 1 aliphatic carbocycles. The average Bonchev–Trinajstić information content (AvgIpc) is 2.46. The number of nitrogens with zero attached hydrogens (tertiary/aromatic N) is 1. The van der Waals surface area contributed by atoms with Crippen LogP contribution in [0.1, 0.15) is 79.1 Å². The van der Waals surface area contributed by atoms with Crippen LogP contribution < -0.4 is 5.32 Å². The van der Waals surface area contributed by atoms with Gasteiger partial charge in [0.1, 0.15) is 0 Å². The van der Waals surface area contributed by atoms with Gasteiger partial charge in [0.15, 0.2) is 0 Å². The topological polar surface area (TPSA) is 15.3 Å². The lowest BCUT2D eigenvalue weighted by molar-refractivity contribution is 0.141. The first-order chi connectivity index (χ1) is 9.99. The largest absolute Gasteiger partial charge is 0.311 e. The Morgan fingerprint density at radius 3 is 2.00 bits per heavy atom. The number of unbranched alkanes of at least 4 members (excludes halogenated alkanes) is 1. The number of likely N-dealkylation sites (tertiary alicyclic amines) is 1. The number of nitrogens with one attached hydrogen (secondary N) is 1. The van der Waals surface area contributed by atoms with E-state index < -0.39 is 0 Å². The Hall–Kier alpha value is -0.0800. The summed E-state index contributed by atoms with van der Waals surface area (Å²) in [5, 5.41) is 3.98. The molecule has 1 heterocycles. The van der Waals surface area contributed by atoms with Crippen LogP contribution in [0.2, 0.25) is 0 Å². The first kappa shape index (κ1) is 17.3. The van der Waals surface area contributed by atoms with Gasteiger partial charge in [-0.25, -0.2) is 0 Å². The quantitative estimate of drug-likeness (QED) is 0.806. The molecule has 1 saturated carbocycles. The Bertz CT molecular complexity index is 278. The second kappa shape index (κ2) is 7.97. The van der Waals surface area contributed by atoms with Gasteiger partial charge in [-0.3, -0.25) is 0 Å². The third-order valence-electron chi connectivity index (χ3n) is 5.84. The smallest absolute Gasteiger partial charge is 0.00940 e. The van der Waals surface area contributed by atoms with Crippen LogP contribution in [0, 0.1) is 11.3 Å². The Balaban J connectivity index is 1.64. The highest BCUT2D eigenvalue weighted by Crippen LogP contribution is 2.37. The third kappa shape index (κ3) is 5.56. The Kier molecular flexibility index (Phi) is 6.55. The van der Waals surface area contributed by atoms with Crippen LogP contribution in [-0.4, -0.2) is 36.6 Å². The van der Waals surface area contributed by atoms with Gasteiger partial charge in [-0.2, -0.15) is 0 Å². The fourth-order valence-corrected chi connectivity index (χ4v) is 4.16. The lowest BCUT2D eigenvalue weighted by atomic mass is 9.71. The molecule has 0 spiro atoms. The van der Waals surface area contributed by atoms with Crippen LogP contribution in [0.4, 0.5) is 0 Å². The van der Waals surface area contributed by atoms with Crippen molar-refractivity contribution >= 4 is 0 Å². The van der Waals surface area contributed by atoms with Crippen molar-refractivity contribution in [3.8, 4) is 0 Å². The van der Waals surface area contributed by atoms with Gasteiger partial charge in [0, 0.05) is 12.1 Å². The maximum atomic E-state index is 3.98. The van der Waals surface area contributed by atoms with E-state index in [1.54, 1.807) is 0 Å². The minimum absolute atomic E-state index is 0.510. The molecule has 2 rings (SSSR count). The lowest BCUT2D eigenvalue weighted by Crippen LogP contribution is -2.47. The highest BCUT2D eigenvalue weighted by atomic mass is 15.1. The van der Waals surface area contributed by atoms with Crippen LogP contribution in [0.5, 0.6) is 0 Å². The van der Waals surface area contributed by atoms with Crippen molar-refractivity contribution in [2.45, 2.75) is 91.1 Å². The maximum Gasteiger partial charge on any atom is 0.00940 e. The van der Waals surface area contributed by atoms with Crippen molar-refractivity contribution in [3.63, 3.8) is 0 Å². The molecule has 0 radical (unpaired) electrons. The van der Waals surface area contributed by atoms with Crippen molar-refractivity contribution < 1.29 is 0 Å².